The molecule has 1 saturated heterocycles. The molecule has 2 aliphatic heterocycles. The number of anilines is 1. The summed E-state index contributed by atoms with van der Waals surface area (Å²) in [6, 6.07) is 18.3. The maximum Gasteiger partial charge on any atom is 0.160 e. The molecule has 0 amide bonds. The summed E-state index contributed by atoms with van der Waals surface area (Å²) >= 11 is 6.45. The number of hydrogen-bond donors (Lipinski definition) is 0. The van der Waals surface area contributed by atoms with Crippen LogP contribution in [0, 0.1) is 6.92 Å². The van der Waals surface area contributed by atoms with Crippen LogP contribution >= 0.6 is 18.8 Å². The summed E-state index contributed by atoms with van der Waals surface area (Å²) < 4.78 is 25.9. The van der Waals surface area contributed by atoms with Gasteiger partial charge in [0.25, 0.3) is 0 Å². The molecule has 2 aliphatic rings. The number of rotatable bonds is 5. The van der Waals surface area contributed by atoms with Gasteiger partial charge in [-0.3, -0.25) is 4.67 Å². The molecule has 0 unspecified atom stereocenters. The van der Waals surface area contributed by atoms with Crippen molar-refractivity contribution in [1.29, 1.82) is 0 Å². The lowest BCUT2D eigenvalue weighted by Crippen LogP contribution is -2.36. The lowest BCUT2D eigenvalue weighted by atomic mass is 9.84. The first kappa shape index (κ1) is 25.2. The Morgan fingerprint density at radius 3 is 2.50 bits per heavy atom. The number of hydrogen-bond acceptors (Lipinski definition) is 5. The van der Waals surface area contributed by atoms with E-state index in [1.165, 1.54) is 16.9 Å². The van der Waals surface area contributed by atoms with Crippen molar-refractivity contribution in [3.05, 3.63) is 82.5 Å². The van der Waals surface area contributed by atoms with Gasteiger partial charge in [0.15, 0.2) is 5.50 Å². The molecule has 1 fully saturated rings. The largest absolute Gasteiger partial charge is 0.494 e. The number of halogens is 1. The number of furan rings is 1. The van der Waals surface area contributed by atoms with E-state index in [9.17, 15) is 0 Å². The topological polar surface area (TPSA) is 50.4 Å². The summed E-state index contributed by atoms with van der Waals surface area (Å²) in [5.74, 6) is 3.91. The Labute approximate surface area is 218 Å². The minimum absolute atomic E-state index is 0.210. The maximum atomic E-state index is 6.45. The number of methoxy groups -OCH3 is 1. The summed E-state index contributed by atoms with van der Waals surface area (Å²) in [6.07, 6.45) is 0. The molecule has 8 heteroatoms. The number of benzene rings is 2. The molecule has 1 atom stereocenters. The smallest absolute Gasteiger partial charge is 0.160 e. The average Bonchev–Trinajstić information content (AvgIpc) is 3.40. The van der Waals surface area contributed by atoms with Gasteiger partial charge < -0.3 is 18.8 Å². The van der Waals surface area contributed by atoms with Crippen molar-refractivity contribution in [3.8, 4) is 5.75 Å². The highest BCUT2D eigenvalue weighted by atomic mass is 35.5. The summed E-state index contributed by atoms with van der Waals surface area (Å²) in [4.78, 5) is 2.30. The summed E-state index contributed by atoms with van der Waals surface area (Å²) in [5.41, 5.74) is 5.07. The number of likely N-dealkylation sites (N-methyl/N-ethyl adjacent to an activating group) is 1. The Balaban J connectivity index is 1.84. The van der Waals surface area contributed by atoms with Crippen molar-refractivity contribution in [2.45, 2.75) is 26.2 Å². The monoisotopic (exact) mass is 525 g/mol. The van der Waals surface area contributed by atoms with Crippen LogP contribution in [0.25, 0.3) is 0 Å². The highest BCUT2D eigenvalue weighted by Crippen LogP contribution is 2.61. The Morgan fingerprint density at radius 2 is 1.83 bits per heavy atom. The molecule has 3 aromatic rings. The predicted octanol–water partition coefficient (Wildman–Crippen LogP) is 6.92. The third-order valence-corrected chi connectivity index (χ3v) is 10.6. The zero-order valence-corrected chi connectivity index (χ0v) is 23.1. The van der Waals surface area contributed by atoms with E-state index in [1.807, 2.05) is 31.2 Å². The van der Waals surface area contributed by atoms with Crippen LogP contribution in [0.1, 0.15) is 25.2 Å². The van der Waals surface area contributed by atoms with Gasteiger partial charge in [0.2, 0.25) is 0 Å². The normalized spacial score (nSPS) is 20.3. The van der Waals surface area contributed by atoms with Gasteiger partial charge in [-0.25, -0.2) is 4.74 Å². The van der Waals surface area contributed by atoms with Crippen LogP contribution in [0.3, 0.4) is 0 Å². The van der Waals surface area contributed by atoms with Crippen molar-refractivity contribution in [1.82, 2.24) is 4.67 Å². The Hall–Kier alpha value is -2.50. The molecule has 1 aromatic heterocycles. The van der Waals surface area contributed by atoms with E-state index >= 15 is 0 Å². The fourth-order valence-electron chi connectivity index (χ4n) is 5.19. The number of morpholine rings is 1. The van der Waals surface area contributed by atoms with Crippen molar-refractivity contribution in [2.75, 3.05) is 45.4 Å². The van der Waals surface area contributed by atoms with Crippen LogP contribution in [0.2, 0.25) is 5.02 Å². The average molecular weight is 526 g/mol. The number of para-hydroxylation sites is 1. The van der Waals surface area contributed by atoms with Gasteiger partial charge in [0.1, 0.15) is 24.4 Å². The molecule has 6 nitrogen and oxygen atoms in total. The van der Waals surface area contributed by atoms with E-state index in [1.54, 1.807) is 7.11 Å². The molecule has 0 bridgehead atoms. The van der Waals surface area contributed by atoms with E-state index in [0.717, 1.165) is 24.4 Å². The quantitative estimate of drug-likeness (QED) is 0.338. The fraction of sp³-hybridized carbons (Fsp3) is 0.357. The Bertz CT molecular complexity index is 1360. The highest BCUT2D eigenvalue weighted by Gasteiger charge is 2.42. The number of ether oxygens (including phenoxy) is 2. The van der Waals surface area contributed by atoms with E-state index in [2.05, 4.69) is 66.6 Å². The SMILES string of the molecule is COc1ccc(Cl)cc1N=[P@@](/C=C1\N(C)c2ccccc2C1(C)C)(c1ccc(C)o1)N1CCOCC1. The van der Waals surface area contributed by atoms with Gasteiger partial charge in [0, 0.05) is 42.0 Å². The summed E-state index contributed by atoms with van der Waals surface area (Å²) in [6.45, 7) is 9.33. The van der Waals surface area contributed by atoms with E-state index < -0.39 is 7.21 Å². The number of aryl methyl sites for hydroxylation is 1. The predicted molar refractivity (Wildman–Crippen MR) is 148 cm³/mol. The van der Waals surface area contributed by atoms with Gasteiger partial charge in [0.05, 0.1) is 20.3 Å². The van der Waals surface area contributed by atoms with Gasteiger partial charge in [-0.1, -0.05) is 43.6 Å². The molecule has 5 rings (SSSR count). The second-order valence-corrected chi connectivity index (χ2v) is 12.9. The summed E-state index contributed by atoms with van der Waals surface area (Å²) in [5, 5.41) is 0.614. The van der Waals surface area contributed by atoms with Crippen LogP contribution in [-0.2, 0) is 10.2 Å². The third kappa shape index (κ3) is 4.31. The number of fused-ring (bicyclic) bond motifs is 1. The van der Waals surface area contributed by atoms with Crippen LogP contribution in [0.15, 0.2) is 75.3 Å². The highest BCUT2D eigenvalue weighted by molar-refractivity contribution is 7.74. The molecule has 36 heavy (non-hydrogen) atoms. The number of allylic oxidation sites excluding steroid dienone is 1. The van der Waals surface area contributed by atoms with E-state index in [4.69, 9.17) is 30.2 Å². The molecule has 0 radical (unpaired) electrons. The van der Waals surface area contributed by atoms with Gasteiger partial charge in [-0.2, -0.15) is 0 Å². The molecule has 2 aromatic carbocycles. The minimum Gasteiger partial charge on any atom is -0.494 e. The zero-order valence-electron chi connectivity index (χ0n) is 21.5. The standard InChI is InChI=1S/C28H33ClN3O3P/c1-20-10-13-27(35-20)36(32-14-16-34-17-15-32,30-23-18-21(29)11-12-25(23)33-5)19-26-28(2,3)22-8-6-7-9-24(22)31(26)4/h6-13,18-19H,14-17H2,1-5H3/b26-19-/t36-/m1/s1. The van der Waals surface area contributed by atoms with Gasteiger partial charge in [-0.15, -0.1) is 0 Å². The lowest BCUT2D eigenvalue weighted by molar-refractivity contribution is 0.0747. The second kappa shape index (κ2) is 9.75. The molecule has 0 N–H and O–H groups in total. The molecule has 190 valence electrons. The van der Waals surface area contributed by atoms with Crippen LogP contribution < -0.4 is 15.1 Å². The zero-order chi connectivity index (χ0) is 25.5. The second-order valence-electron chi connectivity index (χ2n) is 9.73. The van der Waals surface area contributed by atoms with E-state index in [0.29, 0.717) is 29.7 Å². The molecule has 0 aliphatic carbocycles. The molecule has 0 saturated carbocycles. The van der Waals surface area contributed by atoms with Crippen molar-refractivity contribution < 1.29 is 13.9 Å². The van der Waals surface area contributed by atoms with Crippen LogP contribution in [0.4, 0.5) is 11.4 Å². The first-order valence-corrected chi connectivity index (χ1v) is 14.3. The van der Waals surface area contributed by atoms with Gasteiger partial charge in [-0.05, 0) is 54.7 Å². The minimum atomic E-state index is -2.61. The maximum absolute atomic E-state index is 6.45. The first-order chi connectivity index (χ1) is 17.3. The molecular weight excluding hydrogens is 493 g/mol. The van der Waals surface area contributed by atoms with E-state index in [-0.39, 0.29) is 5.41 Å². The van der Waals surface area contributed by atoms with Crippen molar-refractivity contribution in [2.24, 2.45) is 4.74 Å². The first-order valence-electron chi connectivity index (χ1n) is 12.2. The molecular formula is C28H33ClN3O3P. The van der Waals surface area contributed by atoms with Crippen LogP contribution in [0.5, 0.6) is 5.75 Å². The molecule has 0 spiro atoms. The van der Waals surface area contributed by atoms with Crippen molar-refractivity contribution in [3.63, 3.8) is 0 Å². The Kier molecular flexibility index (Phi) is 6.82. The third-order valence-electron chi connectivity index (χ3n) is 7.11. The Morgan fingerprint density at radius 1 is 1.08 bits per heavy atom. The summed E-state index contributed by atoms with van der Waals surface area (Å²) in [7, 11) is 1.19. The fourth-order valence-corrected chi connectivity index (χ4v) is 8.87. The number of nitrogens with zero attached hydrogens (tertiary/aromatic N) is 3. The van der Waals surface area contributed by atoms with Crippen molar-refractivity contribution >= 4 is 35.7 Å². The lowest BCUT2D eigenvalue weighted by Gasteiger charge is -2.37. The molecule has 3 heterocycles. The van der Waals surface area contributed by atoms with Gasteiger partial charge >= 0.3 is 0 Å². The van der Waals surface area contributed by atoms with Crippen LogP contribution in [-0.4, -0.2) is 45.1 Å².